The van der Waals surface area contributed by atoms with Crippen LogP contribution in [-0.2, 0) is 0 Å². The van der Waals surface area contributed by atoms with Crippen LogP contribution in [-0.4, -0.2) is 6.21 Å². The number of rotatable bonds is 3. The molecule has 0 aliphatic carbocycles. The Balaban J connectivity index is 2.10. The second kappa shape index (κ2) is 5.85. The van der Waals surface area contributed by atoms with E-state index in [4.69, 9.17) is 23.2 Å². The van der Waals surface area contributed by atoms with Crippen LogP contribution in [0, 0.1) is 5.82 Å². The molecule has 0 aliphatic heterocycles. The SMILES string of the molecule is Fc1cc(C=NNc2ccccc2)cc(Cl)c1Cl. The first-order valence-corrected chi connectivity index (χ1v) is 5.91. The maximum atomic E-state index is 13.3. The fraction of sp³-hybridized carbons (Fsp3) is 0. The Hall–Kier alpha value is -1.58. The van der Waals surface area contributed by atoms with Crippen molar-refractivity contribution in [3.63, 3.8) is 0 Å². The lowest BCUT2D eigenvalue weighted by Crippen LogP contribution is -1.91. The van der Waals surface area contributed by atoms with Gasteiger partial charge in [-0.3, -0.25) is 5.43 Å². The van der Waals surface area contributed by atoms with Gasteiger partial charge in [-0.05, 0) is 29.8 Å². The van der Waals surface area contributed by atoms with E-state index >= 15 is 0 Å². The van der Waals surface area contributed by atoms with Crippen molar-refractivity contribution in [3.05, 3.63) is 63.9 Å². The molecule has 0 aliphatic rings. The maximum Gasteiger partial charge on any atom is 0.143 e. The molecule has 0 saturated heterocycles. The molecule has 18 heavy (non-hydrogen) atoms. The summed E-state index contributed by atoms with van der Waals surface area (Å²) in [6.07, 6.45) is 1.47. The highest BCUT2D eigenvalue weighted by molar-refractivity contribution is 6.42. The van der Waals surface area contributed by atoms with Gasteiger partial charge in [0.05, 0.1) is 21.9 Å². The summed E-state index contributed by atoms with van der Waals surface area (Å²) >= 11 is 11.4. The molecule has 0 aromatic heterocycles. The number of anilines is 1. The van der Waals surface area contributed by atoms with E-state index in [-0.39, 0.29) is 10.0 Å². The summed E-state index contributed by atoms with van der Waals surface area (Å²) in [4.78, 5) is 0. The van der Waals surface area contributed by atoms with Crippen molar-refractivity contribution in [2.75, 3.05) is 5.43 Å². The Labute approximate surface area is 114 Å². The molecule has 2 rings (SSSR count). The van der Waals surface area contributed by atoms with Crippen LogP contribution < -0.4 is 5.43 Å². The number of halogens is 3. The largest absolute Gasteiger partial charge is 0.279 e. The van der Waals surface area contributed by atoms with Crippen molar-refractivity contribution in [3.8, 4) is 0 Å². The highest BCUT2D eigenvalue weighted by Gasteiger charge is 2.05. The lowest BCUT2D eigenvalue weighted by molar-refractivity contribution is 0.628. The van der Waals surface area contributed by atoms with Gasteiger partial charge in [-0.2, -0.15) is 5.10 Å². The summed E-state index contributed by atoms with van der Waals surface area (Å²) < 4.78 is 13.3. The first-order valence-electron chi connectivity index (χ1n) is 5.15. The van der Waals surface area contributed by atoms with E-state index in [0.717, 1.165) is 5.69 Å². The van der Waals surface area contributed by atoms with Gasteiger partial charge < -0.3 is 0 Å². The van der Waals surface area contributed by atoms with Crippen molar-refractivity contribution in [1.82, 2.24) is 0 Å². The fourth-order valence-corrected chi connectivity index (χ4v) is 1.67. The third-order valence-electron chi connectivity index (χ3n) is 2.19. The Morgan fingerprint density at radius 3 is 2.50 bits per heavy atom. The van der Waals surface area contributed by atoms with Gasteiger partial charge in [-0.15, -0.1) is 0 Å². The highest BCUT2D eigenvalue weighted by atomic mass is 35.5. The molecule has 2 nitrogen and oxygen atoms in total. The molecule has 0 radical (unpaired) electrons. The van der Waals surface area contributed by atoms with Gasteiger partial charge in [0.15, 0.2) is 0 Å². The summed E-state index contributed by atoms with van der Waals surface area (Å²) in [5.41, 5.74) is 4.19. The molecule has 0 bridgehead atoms. The van der Waals surface area contributed by atoms with Crippen LogP contribution in [0.15, 0.2) is 47.6 Å². The molecule has 5 heteroatoms. The monoisotopic (exact) mass is 282 g/mol. The van der Waals surface area contributed by atoms with Gasteiger partial charge in [-0.1, -0.05) is 41.4 Å². The number of hydrogen-bond donors (Lipinski definition) is 1. The molecule has 2 aromatic carbocycles. The molecule has 92 valence electrons. The van der Waals surface area contributed by atoms with E-state index in [1.165, 1.54) is 12.3 Å². The number of nitrogens with one attached hydrogen (secondary N) is 1. The van der Waals surface area contributed by atoms with Crippen molar-refractivity contribution in [1.29, 1.82) is 0 Å². The molecule has 0 amide bonds. The number of para-hydroxylation sites is 1. The third kappa shape index (κ3) is 3.22. The van der Waals surface area contributed by atoms with E-state index in [9.17, 15) is 4.39 Å². The molecule has 0 heterocycles. The average Bonchev–Trinajstić information content (AvgIpc) is 2.37. The molecule has 0 spiro atoms. The summed E-state index contributed by atoms with van der Waals surface area (Å²) in [6.45, 7) is 0. The molecular formula is C13H9Cl2FN2. The number of hydrogen-bond acceptors (Lipinski definition) is 2. The molecule has 0 unspecified atom stereocenters. The van der Waals surface area contributed by atoms with Crippen molar-refractivity contribution in [2.45, 2.75) is 0 Å². The van der Waals surface area contributed by atoms with E-state index < -0.39 is 5.82 Å². The van der Waals surface area contributed by atoms with Gasteiger partial charge in [0, 0.05) is 0 Å². The van der Waals surface area contributed by atoms with E-state index in [1.54, 1.807) is 6.07 Å². The smallest absolute Gasteiger partial charge is 0.143 e. The molecule has 0 fully saturated rings. The van der Waals surface area contributed by atoms with Crippen LogP contribution in [0.2, 0.25) is 10.0 Å². The molecule has 0 saturated carbocycles. The van der Waals surface area contributed by atoms with Crippen LogP contribution in [0.25, 0.3) is 0 Å². The zero-order chi connectivity index (χ0) is 13.0. The Morgan fingerprint density at radius 2 is 1.83 bits per heavy atom. The first kappa shape index (κ1) is 12.9. The molecule has 2 aromatic rings. The van der Waals surface area contributed by atoms with Crippen LogP contribution >= 0.6 is 23.2 Å². The third-order valence-corrected chi connectivity index (χ3v) is 2.97. The second-order valence-electron chi connectivity index (χ2n) is 3.53. The van der Waals surface area contributed by atoms with E-state index in [0.29, 0.717) is 5.56 Å². The average molecular weight is 283 g/mol. The van der Waals surface area contributed by atoms with E-state index in [2.05, 4.69) is 10.5 Å². The van der Waals surface area contributed by atoms with Crippen molar-refractivity contribution < 1.29 is 4.39 Å². The van der Waals surface area contributed by atoms with Crippen LogP contribution in [0.3, 0.4) is 0 Å². The normalized spacial score (nSPS) is 10.8. The van der Waals surface area contributed by atoms with Gasteiger partial charge in [0.25, 0.3) is 0 Å². The minimum Gasteiger partial charge on any atom is -0.279 e. The molecular weight excluding hydrogens is 274 g/mol. The van der Waals surface area contributed by atoms with Crippen LogP contribution in [0.5, 0.6) is 0 Å². The number of benzene rings is 2. The summed E-state index contributed by atoms with van der Waals surface area (Å²) in [5, 5.41) is 4.07. The van der Waals surface area contributed by atoms with Gasteiger partial charge >= 0.3 is 0 Å². The fourth-order valence-electron chi connectivity index (χ4n) is 1.34. The number of hydrazone groups is 1. The first-order chi connectivity index (χ1) is 8.66. The quantitative estimate of drug-likeness (QED) is 0.497. The van der Waals surface area contributed by atoms with Crippen molar-refractivity contribution in [2.24, 2.45) is 5.10 Å². The van der Waals surface area contributed by atoms with Gasteiger partial charge in [-0.25, -0.2) is 4.39 Å². The van der Waals surface area contributed by atoms with Crippen molar-refractivity contribution >= 4 is 35.1 Å². The molecule has 0 atom stereocenters. The lowest BCUT2D eigenvalue weighted by Gasteiger charge is -2.01. The lowest BCUT2D eigenvalue weighted by atomic mass is 10.2. The Morgan fingerprint density at radius 1 is 1.11 bits per heavy atom. The summed E-state index contributed by atoms with van der Waals surface area (Å²) in [5.74, 6) is -0.565. The second-order valence-corrected chi connectivity index (χ2v) is 4.32. The summed E-state index contributed by atoms with van der Waals surface area (Å²) in [6, 6.07) is 12.2. The van der Waals surface area contributed by atoms with Gasteiger partial charge in [0.1, 0.15) is 5.82 Å². The van der Waals surface area contributed by atoms with Crippen LogP contribution in [0.1, 0.15) is 5.56 Å². The predicted molar refractivity (Wildman–Crippen MR) is 74.1 cm³/mol. The van der Waals surface area contributed by atoms with Gasteiger partial charge in [0.2, 0.25) is 0 Å². The highest BCUT2D eigenvalue weighted by Crippen LogP contribution is 2.25. The Kier molecular flexibility index (Phi) is 4.18. The topological polar surface area (TPSA) is 24.4 Å². The Bertz CT molecular complexity index is 547. The number of nitrogens with zero attached hydrogens (tertiary/aromatic N) is 1. The minimum absolute atomic E-state index is 0.0789. The van der Waals surface area contributed by atoms with Crippen LogP contribution in [0.4, 0.5) is 10.1 Å². The zero-order valence-electron chi connectivity index (χ0n) is 9.20. The molecule has 1 N–H and O–H groups in total. The minimum atomic E-state index is -0.565. The maximum absolute atomic E-state index is 13.3. The summed E-state index contributed by atoms with van der Waals surface area (Å²) in [7, 11) is 0. The standard InChI is InChI=1S/C13H9Cl2FN2/c14-11-6-9(7-12(16)13(11)15)8-17-18-10-4-2-1-3-5-10/h1-8,18H. The predicted octanol–water partition coefficient (Wildman–Crippen LogP) is 4.58. The van der Waals surface area contributed by atoms with E-state index in [1.807, 2.05) is 30.3 Å². The zero-order valence-corrected chi connectivity index (χ0v) is 10.7.